The van der Waals surface area contributed by atoms with Crippen LogP contribution >= 0.6 is 0 Å². The summed E-state index contributed by atoms with van der Waals surface area (Å²) in [5.41, 5.74) is 8.76. The second-order valence-corrected chi connectivity index (χ2v) is 3.99. The summed E-state index contributed by atoms with van der Waals surface area (Å²) in [7, 11) is 1.84. The van der Waals surface area contributed by atoms with E-state index in [1.54, 1.807) is 10.9 Å². The van der Waals surface area contributed by atoms with E-state index in [0.29, 0.717) is 19.0 Å². The summed E-state index contributed by atoms with van der Waals surface area (Å²) in [6.07, 6.45) is 2.50. The van der Waals surface area contributed by atoms with Crippen molar-refractivity contribution in [3.63, 3.8) is 0 Å². The predicted octanol–water partition coefficient (Wildman–Crippen LogP) is 1.64. The summed E-state index contributed by atoms with van der Waals surface area (Å²) in [4.78, 5) is 4.34. The van der Waals surface area contributed by atoms with E-state index in [-0.39, 0.29) is 0 Å². The number of aryl methyl sites for hydroxylation is 1. The zero-order valence-corrected chi connectivity index (χ0v) is 10.8. The molecule has 0 atom stereocenters. The maximum atomic E-state index is 6.06. The maximum Gasteiger partial charge on any atom is 0.131 e. The van der Waals surface area contributed by atoms with Gasteiger partial charge in [-0.2, -0.15) is 5.10 Å². The molecule has 96 valence electrons. The highest BCUT2D eigenvalue weighted by molar-refractivity contribution is 5.73. The molecule has 0 saturated carbocycles. The molecule has 0 radical (unpaired) electrons. The lowest BCUT2D eigenvalue weighted by atomic mass is 10.1. The van der Waals surface area contributed by atoms with E-state index in [9.17, 15) is 0 Å². The molecule has 0 aliphatic carbocycles. The van der Waals surface area contributed by atoms with Gasteiger partial charge < -0.3 is 10.5 Å². The number of rotatable bonds is 5. The van der Waals surface area contributed by atoms with Gasteiger partial charge in [0.25, 0.3) is 0 Å². The number of hydrogen-bond donors (Lipinski definition) is 1. The molecule has 0 saturated heterocycles. The van der Waals surface area contributed by atoms with E-state index in [1.165, 1.54) is 0 Å². The van der Waals surface area contributed by atoms with Crippen LogP contribution in [0.4, 0.5) is 5.82 Å². The molecule has 2 aromatic rings. The number of nitrogen functional groups attached to an aromatic ring is 1. The summed E-state index contributed by atoms with van der Waals surface area (Å²) in [5.74, 6) is 0.639. The van der Waals surface area contributed by atoms with Gasteiger partial charge in [0, 0.05) is 26.3 Å². The third-order valence-corrected chi connectivity index (χ3v) is 2.77. The lowest BCUT2D eigenvalue weighted by Crippen LogP contribution is -2.00. The average Bonchev–Trinajstić information content (AvgIpc) is 2.67. The van der Waals surface area contributed by atoms with Gasteiger partial charge in [0.05, 0.1) is 23.6 Å². The molecule has 0 aliphatic rings. The monoisotopic (exact) mass is 246 g/mol. The number of nitrogens with zero attached hydrogens (tertiary/aromatic N) is 3. The van der Waals surface area contributed by atoms with Crippen molar-refractivity contribution in [2.45, 2.75) is 13.3 Å². The molecule has 0 aliphatic heterocycles. The smallest absolute Gasteiger partial charge is 0.131 e. The third kappa shape index (κ3) is 2.51. The second-order valence-electron chi connectivity index (χ2n) is 3.99. The quantitative estimate of drug-likeness (QED) is 0.814. The van der Waals surface area contributed by atoms with Crippen LogP contribution in [-0.2, 0) is 18.2 Å². The van der Waals surface area contributed by atoms with Crippen LogP contribution in [0, 0.1) is 0 Å². The number of nitrogens with two attached hydrogens (primary N) is 1. The number of aromatic nitrogens is 3. The lowest BCUT2D eigenvalue weighted by molar-refractivity contribution is 0.150. The zero-order chi connectivity index (χ0) is 13.0. The van der Waals surface area contributed by atoms with Crippen molar-refractivity contribution >= 4 is 5.82 Å². The van der Waals surface area contributed by atoms with Crippen LogP contribution in [-0.4, -0.2) is 28.0 Å². The Morgan fingerprint density at radius 2 is 2.22 bits per heavy atom. The SMILES string of the molecule is CCOCCc1nn(C)c(N)c1-c1ccccn1. The normalized spacial score (nSPS) is 10.8. The number of anilines is 1. The van der Waals surface area contributed by atoms with Crippen LogP contribution in [0.15, 0.2) is 24.4 Å². The highest BCUT2D eigenvalue weighted by atomic mass is 16.5. The Labute approximate surface area is 107 Å². The van der Waals surface area contributed by atoms with Gasteiger partial charge in [-0.15, -0.1) is 0 Å². The summed E-state index contributed by atoms with van der Waals surface area (Å²) >= 11 is 0. The van der Waals surface area contributed by atoms with Gasteiger partial charge in [0.1, 0.15) is 5.82 Å². The molecule has 5 nitrogen and oxygen atoms in total. The second kappa shape index (κ2) is 5.64. The van der Waals surface area contributed by atoms with Gasteiger partial charge >= 0.3 is 0 Å². The minimum atomic E-state index is 0.639. The van der Waals surface area contributed by atoms with E-state index in [0.717, 1.165) is 23.4 Å². The van der Waals surface area contributed by atoms with E-state index >= 15 is 0 Å². The first-order valence-electron chi connectivity index (χ1n) is 6.04. The minimum Gasteiger partial charge on any atom is -0.383 e. The van der Waals surface area contributed by atoms with Gasteiger partial charge in [-0.1, -0.05) is 6.07 Å². The Balaban J connectivity index is 2.33. The van der Waals surface area contributed by atoms with Crippen molar-refractivity contribution < 1.29 is 4.74 Å². The molecule has 0 spiro atoms. The highest BCUT2D eigenvalue weighted by Crippen LogP contribution is 2.27. The van der Waals surface area contributed by atoms with E-state index in [2.05, 4.69) is 10.1 Å². The molecule has 0 fully saturated rings. The summed E-state index contributed by atoms with van der Waals surface area (Å²) < 4.78 is 7.05. The van der Waals surface area contributed by atoms with Crippen molar-refractivity contribution in [1.29, 1.82) is 0 Å². The largest absolute Gasteiger partial charge is 0.383 e. The zero-order valence-electron chi connectivity index (χ0n) is 10.8. The van der Waals surface area contributed by atoms with Crippen molar-refractivity contribution in [2.24, 2.45) is 7.05 Å². The van der Waals surface area contributed by atoms with E-state index in [4.69, 9.17) is 10.5 Å². The molecule has 0 unspecified atom stereocenters. The predicted molar refractivity (Wildman–Crippen MR) is 71.0 cm³/mol. The highest BCUT2D eigenvalue weighted by Gasteiger charge is 2.16. The molecule has 2 aromatic heterocycles. The standard InChI is InChI=1S/C13H18N4O/c1-3-18-9-7-11-12(13(14)17(2)16-11)10-6-4-5-8-15-10/h4-6,8H,3,7,9,14H2,1-2H3. The van der Waals surface area contributed by atoms with E-state index in [1.807, 2.05) is 32.2 Å². The fourth-order valence-corrected chi connectivity index (χ4v) is 1.87. The third-order valence-electron chi connectivity index (χ3n) is 2.77. The number of pyridine rings is 1. The molecule has 0 amide bonds. The summed E-state index contributed by atoms with van der Waals surface area (Å²) in [6.45, 7) is 3.33. The molecule has 2 N–H and O–H groups in total. The molecule has 2 rings (SSSR count). The van der Waals surface area contributed by atoms with E-state index < -0.39 is 0 Å². The van der Waals surface area contributed by atoms with Gasteiger partial charge in [0.2, 0.25) is 0 Å². The minimum absolute atomic E-state index is 0.639. The molecule has 0 bridgehead atoms. The van der Waals surface area contributed by atoms with Gasteiger partial charge in [0.15, 0.2) is 0 Å². The first-order valence-corrected chi connectivity index (χ1v) is 6.04. The van der Waals surface area contributed by atoms with Crippen LogP contribution in [0.3, 0.4) is 0 Å². The molecule has 5 heteroatoms. The molecule has 0 aromatic carbocycles. The topological polar surface area (TPSA) is 66.0 Å². The maximum absolute atomic E-state index is 6.06. The van der Waals surface area contributed by atoms with Crippen LogP contribution < -0.4 is 5.73 Å². The van der Waals surface area contributed by atoms with Gasteiger partial charge in [-0.25, -0.2) is 0 Å². The Morgan fingerprint density at radius 1 is 1.39 bits per heavy atom. The summed E-state index contributed by atoms with van der Waals surface area (Å²) in [6, 6.07) is 5.77. The fourth-order valence-electron chi connectivity index (χ4n) is 1.87. The Hall–Kier alpha value is -1.88. The van der Waals surface area contributed by atoms with Crippen LogP contribution in [0.1, 0.15) is 12.6 Å². The van der Waals surface area contributed by atoms with Crippen LogP contribution in [0.25, 0.3) is 11.3 Å². The first-order chi connectivity index (χ1) is 8.74. The Kier molecular flexibility index (Phi) is 3.94. The van der Waals surface area contributed by atoms with Crippen molar-refractivity contribution in [3.05, 3.63) is 30.1 Å². The van der Waals surface area contributed by atoms with Gasteiger partial charge in [-0.05, 0) is 19.1 Å². The van der Waals surface area contributed by atoms with Crippen molar-refractivity contribution in [2.75, 3.05) is 18.9 Å². The fraction of sp³-hybridized carbons (Fsp3) is 0.385. The van der Waals surface area contributed by atoms with Crippen molar-refractivity contribution in [1.82, 2.24) is 14.8 Å². The summed E-state index contributed by atoms with van der Waals surface area (Å²) in [5, 5.41) is 4.43. The average molecular weight is 246 g/mol. The lowest BCUT2D eigenvalue weighted by Gasteiger charge is -2.03. The van der Waals surface area contributed by atoms with Gasteiger partial charge in [-0.3, -0.25) is 9.67 Å². The molecular weight excluding hydrogens is 228 g/mol. The first kappa shape index (κ1) is 12.6. The van der Waals surface area contributed by atoms with Crippen LogP contribution in [0.2, 0.25) is 0 Å². The molecule has 18 heavy (non-hydrogen) atoms. The number of ether oxygens (including phenoxy) is 1. The molecular formula is C13H18N4O. The molecule has 2 heterocycles. The Morgan fingerprint density at radius 3 is 2.89 bits per heavy atom. The number of hydrogen-bond acceptors (Lipinski definition) is 4. The Bertz CT molecular complexity index is 507. The van der Waals surface area contributed by atoms with Crippen molar-refractivity contribution in [3.8, 4) is 11.3 Å². The van der Waals surface area contributed by atoms with Crippen LogP contribution in [0.5, 0.6) is 0 Å².